The Morgan fingerprint density at radius 3 is 2.61 bits per heavy atom. The van der Waals surface area contributed by atoms with Crippen molar-refractivity contribution in [3.63, 3.8) is 0 Å². The third-order valence-corrected chi connectivity index (χ3v) is 4.88. The van der Waals surface area contributed by atoms with Crippen LogP contribution in [0, 0.1) is 28.4 Å². The molecule has 1 aromatic carbocycles. The van der Waals surface area contributed by atoms with Crippen molar-refractivity contribution in [3.05, 3.63) is 51.8 Å². The predicted octanol–water partition coefficient (Wildman–Crippen LogP) is 2.19. The lowest BCUT2D eigenvalue weighted by Crippen LogP contribution is -2.47. The first-order valence-electron chi connectivity index (χ1n) is 9.26. The average Bonchev–Trinajstić information content (AvgIpc) is 2.73. The maximum Gasteiger partial charge on any atom is 0.275 e. The third kappa shape index (κ3) is 4.72. The fraction of sp³-hybridized carbons (Fsp3) is 0.421. The molecule has 28 heavy (non-hydrogen) atoms. The fourth-order valence-electron chi connectivity index (χ4n) is 3.29. The molecule has 0 saturated carbocycles. The molecule has 0 amide bonds. The van der Waals surface area contributed by atoms with Gasteiger partial charge in [-0.15, -0.1) is 0 Å². The van der Waals surface area contributed by atoms with Gasteiger partial charge in [-0.3, -0.25) is 15.0 Å². The van der Waals surface area contributed by atoms with E-state index in [9.17, 15) is 10.1 Å². The number of anilines is 2. The molecule has 2 heterocycles. The third-order valence-electron chi connectivity index (χ3n) is 4.88. The van der Waals surface area contributed by atoms with Crippen LogP contribution in [0.15, 0.2) is 30.6 Å². The Bertz CT molecular complexity index is 859. The predicted molar refractivity (Wildman–Crippen MR) is 106 cm³/mol. The second-order valence-electron chi connectivity index (χ2n) is 6.69. The van der Waals surface area contributed by atoms with Gasteiger partial charge in [0.2, 0.25) is 5.95 Å². The highest BCUT2D eigenvalue weighted by atomic mass is 16.6. The lowest BCUT2D eigenvalue weighted by atomic mass is 10.1. The topological polar surface area (TPSA) is 111 Å². The van der Waals surface area contributed by atoms with Crippen LogP contribution in [-0.4, -0.2) is 59.1 Å². The number of nitrogens with one attached hydrogen (secondary N) is 1. The zero-order valence-corrected chi connectivity index (χ0v) is 15.8. The van der Waals surface area contributed by atoms with Crippen LogP contribution in [0.1, 0.15) is 17.5 Å². The van der Waals surface area contributed by atoms with Crippen LogP contribution in [-0.2, 0) is 0 Å². The molecule has 146 valence electrons. The normalized spacial score (nSPS) is 14.5. The minimum Gasteiger partial charge on any atom is -0.385 e. The molecule has 1 aromatic heterocycles. The summed E-state index contributed by atoms with van der Waals surface area (Å²) in [6.07, 6.45) is 4.42. The Morgan fingerprint density at radius 2 is 1.96 bits per heavy atom. The molecule has 0 spiro atoms. The highest BCUT2D eigenvalue weighted by molar-refractivity contribution is 5.64. The summed E-state index contributed by atoms with van der Waals surface area (Å²) in [4.78, 5) is 23.9. The second-order valence-corrected chi connectivity index (χ2v) is 6.69. The van der Waals surface area contributed by atoms with E-state index in [0.29, 0.717) is 23.4 Å². The summed E-state index contributed by atoms with van der Waals surface area (Å²) < 4.78 is 0. The number of nitro benzene ring substituents is 1. The first kappa shape index (κ1) is 19.5. The molecule has 1 fully saturated rings. The first-order chi connectivity index (χ1) is 13.6. The van der Waals surface area contributed by atoms with Crippen molar-refractivity contribution in [3.8, 4) is 6.07 Å². The zero-order chi connectivity index (χ0) is 19.9. The summed E-state index contributed by atoms with van der Waals surface area (Å²) >= 11 is 0. The summed E-state index contributed by atoms with van der Waals surface area (Å²) in [5.74, 6) is 0.776. The molecule has 0 atom stereocenters. The first-order valence-corrected chi connectivity index (χ1v) is 9.26. The van der Waals surface area contributed by atoms with Crippen molar-refractivity contribution in [1.29, 1.82) is 5.26 Å². The largest absolute Gasteiger partial charge is 0.385 e. The van der Waals surface area contributed by atoms with Gasteiger partial charge in [0.05, 0.1) is 16.6 Å². The fourth-order valence-corrected chi connectivity index (χ4v) is 3.29. The minimum absolute atomic E-state index is 0.0270. The van der Waals surface area contributed by atoms with Gasteiger partial charge in [-0.05, 0) is 32.0 Å². The van der Waals surface area contributed by atoms with Crippen LogP contribution in [0.2, 0.25) is 0 Å². The number of piperazine rings is 1. The number of aromatic nitrogens is 2. The van der Waals surface area contributed by atoms with E-state index in [4.69, 9.17) is 5.26 Å². The van der Waals surface area contributed by atoms with Crippen LogP contribution >= 0.6 is 0 Å². The quantitative estimate of drug-likeness (QED) is 0.441. The monoisotopic (exact) mass is 381 g/mol. The molecule has 1 N–H and O–H groups in total. The van der Waals surface area contributed by atoms with E-state index in [0.717, 1.165) is 45.1 Å². The minimum atomic E-state index is -0.447. The maximum atomic E-state index is 11.2. The van der Waals surface area contributed by atoms with Crippen molar-refractivity contribution < 1.29 is 4.92 Å². The van der Waals surface area contributed by atoms with Crippen molar-refractivity contribution in [2.24, 2.45) is 0 Å². The van der Waals surface area contributed by atoms with Gasteiger partial charge in [-0.1, -0.05) is 0 Å². The highest BCUT2D eigenvalue weighted by Crippen LogP contribution is 2.27. The molecule has 1 saturated heterocycles. The molecule has 1 aliphatic heterocycles. The van der Waals surface area contributed by atoms with Gasteiger partial charge in [0, 0.05) is 62.4 Å². The molecule has 0 aliphatic carbocycles. The van der Waals surface area contributed by atoms with Crippen LogP contribution in [0.3, 0.4) is 0 Å². The molecule has 0 unspecified atom stereocenters. The maximum absolute atomic E-state index is 11.2. The van der Waals surface area contributed by atoms with Gasteiger partial charge in [0.25, 0.3) is 5.69 Å². The summed E-state index contributed by atoms with van der Waals surface area (Å²) in [5, 5.41) is 23.5. The van der Waals surface area contributed by atoms with E-state index < -0.39 is 4.92 Å². The molecule has 0 radical (unpaired) electrons. The van der Waals surface area contributed by atoms with Crippen molar-refractivity contribution >= 4 is 17.3 Å². The van der Waals surface area contributed by atoms with Crippen molar-refractivity contribution in [1.82, 2.24) is 14.9 Å². The van der Waals surface area contributed by atoms with Gasteiger partial charge < -0.3 is 10.2 Å². The van der Waals surface area contributed by atoms with Crippen LogP contribution in [0.25, 0.3) is 0 Å². The number of nitro groups is 1. The van der Waals surface area contributed by atoms with E-state index in [1.165, 1.54) is 6.07 Å². The van der Waals surface area contributed by atoms with Gasteiger partial charge in [0.15, 0.2) is 0 Å². The summed E-state index contributed by atoms with van der Waals surface area (Å²) in [7, 11) is 0. The molecule has 3 rings (SSSR count). The molecule has 2 aromatic rings. The number of benzene rings is 1. The standard InChI is InChI=1S/C19H23N7O2/c1-15-17(12-16(14-20)13-18(15)26(27)28)21-6-3-7-24-8-10-25(11-9-24)19-22-4-2-5-23-19/h2,4-5,12-13,21H,3,6-11H2,1H3. The Morgan fingerprint density at radius 1 is 1.25 bits per heavy atom. The van der Waals surface area contributed by atoms with Crippen molar-refractivity contribution in [2.45, 2.75) is 13.3 Å². The Kier molecular flexibility index (Phi) is 6.34. The summed E-state index contributed by atoms with van der Waals surface area (Å²) in [5.41, 5.74) is 1.47. The molecular weight excluding hydrogens is 358 g/mol. The SMILES string of the molecule is Cc1c(NCCCN2CCN(c3ncccn3)CC2)cc(C#N)cc1[N+](=O)[O-]. The number of hydrogen-bond acceptors (Lipinski definition) is 8. The number of rotatable bonds is 7. The molecular formula is C19H23N7O2. The Hall–Kier alpha value is -3.25. The van der Waals surface area contributed by atoms with Gasteiger partial charge >= 0.3 is 0 Å². The lowest BCUT2D eigenvalue weighted by Gasteiger charge is -2.34. The number of nitrogens with zero attached hydrogens (tertiary/aromatic N) is 6. The van der Waals surface area contributed by atoms with E-state index in [-0.39, 0.29) is 5.69 Å². The Labute approximate surface area is 163 Å². The summed E-state index contributed by atoms with van der Waals surface area (Å²) in [6.45, 7) is 7.02. The number of nitriles is 1. The highest BCUT2D eigenvalue weighted by Gasteiger charge is 2.19. The second kappa shape index (κ2) is 9.10. The van der Waals surface area contributed by atoms with E-state index in [1.807, 2.05) is 12.1 Å². The summed E-state index contributed by atoms with van der Waals surface area (Å²) in [6, 6.07) is 6.78. The number of hydrogen-bond donors (Lipinski definition) is 1. The van der Waals surface area contributed by atoms with Crippen LogP contribution in [0.5, 0.6) is 0 Å². The molecule has 9 heteroatoms. The van der Waals surface area contributed by atoms with Crippen molar-refractivity contribution in [2.75, 3.05) is 49.5 Å². The molecule has 9 nitrogen and oxygen atoms in total. The molecule has 0 bridgehead atoms. The van der Waals surface area contributed by atoms with Gasteiger partial charge in [0.1, 0.15) is 0 Å². The van der Waals surface area contributed by atoms with E-state index in [1.54, 1.807) is 25.4 Å². The average molecular weight is 381 g/mol. The van der Waals surface area contributed by atoms with E-state index >= 15 is 0 Å². The van der Waals surface area contributed by atoms with Crippen LogP contribution < -0.4 is 10.2 Å². The van der Waals surface area contributed by atoms with Crippen LogP contribution in [0.4, 0.5) is 17.3 Å². The smallest absolute Gasteiger partial charge is 0.275 e. The van der Waals surface area contributed by atoms with E-state index in [2.05, 4.69) is 25.1 Å². The van der Waals surface area contributed by atoms with Gasteiger partial charge in [-0.2, -0.15) is 5.26 Å². The lowest BCUT2D eigenvalue weighted by molar-refractivity contribution is -0.385. The van der Waals surface area contributed by atoms with Gasteiger partial charge in [-0.25, -0.2) is 9.97 Å². The molecule has 1 aliphatic rings. The zero-order valence-electron chi connectivity index (χ0n) is 15.8. The Balaban J connectivity index is 1.46.